The summed E-state index contributed by atoms with van der Waals surface area (Å²) >= 11 is 7.73. The molecule has 2 aromatic rings. The van der Waals surface area contributed by atoms with Crippen LogP contribution in [-0.4, -0.2) is 43.2 Å². The van der Waals surface area contributed by atoms with Crippen molar-refractivity contribution >= 4 is 50.7 Å². The first-order valence-electron chi connectivity index (χ1n) is 9.23. The molecule has 2 aliphatic heterocycles. The predicted molar refractivity (Wildman–Crippen MR) is 118 cm³/mol. The van der Waals surface area contributed by atoms with E-state index in [1.807, 2.05) is 11.8 Å². The standard InChI is InChI=1S/C20H21ClN2O4S2/c1-20(10-11-23(29(20,25)26)16-6-2-14(21)3-7-16)19(24)22-15-4-8-17(9-5-15)27-18-12-28-13-18/h2-9,18H,10-13H2,1H3,(H,22,24)/t20-/m1/s1. The molecule has 9 heteroatoms. The first-order valence-corrected chi connectivity index (χ1v) is 12.2. The fourth-order valence-electron chi connectivity index (χ4n) is 3.27. The van der Waals surface area contributed by atoms with Crippen LogP contribution in [0.1, 0.15) is 13.3 Å². The molecule has 2 heterocycles. The van der Waals surface area contributed by atoms with E-state index in [0.717, 1.165) is 17.3 Å². The van der Waals surface area contributed by atoms with E-state index in [-0.39, 0.29) is 19.1 Å². The Morgan fingerprint density at radius 2 is 1.83 bits per heavy atom. The van der Waals surface area contributed by atoms with Crippen LogP contribution in [-0.2, 0) is 14.8 Å². The van der Waals surface area contributed by atoms with Gasteiger partial charge in [-0.2, -0.15) is 11.8 Å². The SMILES string of the molecule is C[C@]1(C(=O)Nc2ccc(OC3CSC3)cc2)CCN(c2ccc(Cl)cc2)S1(=O)=O. The van der Waals surface area contributed by atoms with Crippen molar-refractivity contribution in [3.63, 3.8) is 0 Å². The molecule has 0 radical (unpaired) electrons. The molecule has 154 valence electrons. The number of halogens is 1. The van der Waals surface area contributed by atoms with Gasteiger partial charge in [0.2, 0.25) is 15.9 Å². The van der Waals surface area contributed by atoms with Gasteiger partial charge in [-0.1, -0.05) is 11.6 Å². The van der Waals surface area contributed by atoms with Crippen LogP contribution in [0.25, 0.3) is 0 Å². The van der Waals surface area contributed by atoms with Crippen LogP contribution in [0.5, 0.6) is 5.75 Å². The Hall–Kier alpha value is -1.90. The number of carbonyl (C=O) groups excluding carboxylic acids is 1. The van der Waals surface area contributed by atoms with Gasteiger partial charge in [-0.3, -0.25) is 9.10 Å². The maximum atomic E-state index is 13.2. The number of amides is 1. The van der Waals surface area contributed by atoms with Crippen molar-refractivity contribution in [1.82, 2.24) is 0 Å². The highest BCUT2D eigenvalue weighted by Gasteiger charge is 2.54. The van der Waals surface area contributed by atoms with Crippen molar-refractivity contribution in [2.24, 2.45) is 0 Å². The minimum absolute atomic E-state index is 0.199. The molecule has 2 aromatic carbocycles. The molecule has 1 amide bonds. The van der Waals surface area contributed by atoms with E-state index in [1.165, 1.54) is 11.2 Å². The normalized spacial score (nSPS) is 23.4. The van der Waals surface area contributed by atoms with Crippen molar-refractivity contribution in [3.05, 3.63) is 53.6 Å². The average Bonchev–Trinajstić information content (AvgIpc) is 2.91. The van der Waals surface area contributed by atoms with E-state index >= 15 is 0 Å². The molecular formula is C20H21ClN2O4S2. The fraction of sp³-hybridized carbons (Fsp3) is 0.350. The monoisotopic (exact) mass is 452 g/mol. The molecule has 0 saturated carbocycles. The van der Waals surface area contributed by atoms with E-state index in [4.69, 9.17) is 16.3 Å². The molecule has 2 aliphatic rings. The Labute approximate surface area is 179 Å². The van der Waals surface area contributed by atoms with Crippen LogP contribution < -0.4 is 14.4 Å². The summed E-state index contributed by atoms with van der Waals surface area (Å²) in [5.41, 5.74) is 1.04. The zero-order chi connectivity index (χ0) is 20.6. The second-order valence-electron chi connectivity index (χ2n) is 7.29. The number of anilines is 2. The van der Waals surface area contributed by atoms with Crippen LogP contribution in [0.4, 0.5) is 11.4 Å². The number of hydrogen-bond acceptors (Lipinski definition) is 5. The molecule has 29 heavy (non-hydrogen) atoms. The zero-order valence-corrected chi connectivity index (χ0v) is 18.2. The summed E-state index contributed by atoms with van der Waals surface area (Å²) in [5.74, 6) is 2.16. The molecule has 0 unspecified atom stereocenters. The lowest BCUT2D eigenvalue weighted by atomic mass is 10.1. The summed E-state index contributed by atoms with van der Waals surface area (Å²) in [4.78, 5) is 12.9. The summed E-state index contributed by atoms with van der Waals surface area (Å²) in [7, 11) is -3.88. The Morgan fingerprint density at radius 1 is 1.17 bits per heavy atom. The fourth-order valence-corrected chi connectivity index (χ4v) is 5.81. The molecule has 4 rings (SSSR count). The van der Waals surface area contributed by atoms with Crippen molar-refractivity contribution in [3.8, 4) is 5.75 Å². The molecule has 2 saturated heterocycles. The van der Waals surface area contributed by atoms with Gasteiger partial charge in [-0.05, 0) is 61.9 Å². The van der Waals surface area contributed by atoms with E-state index in [0.29, 0.717) is 16.4 Å². The van der Waals surface area contributed by atoms with Crippen molar-refractivity contribution in [2.45, 2.75) is 24.2 Å². The van der Waals surface area contributed by atoms with Gasteiger partial charge in [-0.15, -0.1) is 0 Å². The molecule has 2 fully saturated rings. The summed E-state index contributed by atoms with van der Waals surface area (Å²) in [6, 6.07) is 13.6. The Bertz CT molecular complexity index is 1010. The van der Waals surface area contributed by atoms with Crippen molar-refractivity contribution in [1.29, 1.82) is 0 Å². The number of thioether (sulfide) groups is 1. The molecule has 1 atom stereocenters. The van der Waals surface area contributed by atoms with Gasteiger partial charge in [0.1, 0.15) is 11.9 Å². The average molecular weight is 453 g/mol. The molecule has 1 N–H and O–H groups in total. The largest absolute Gasteiger partial charge is 0.489 e. The van der Waals surface area contributed by atoms with E-state index < -0.39 is 20.7 Å². The maximum absolute atomic E-state index is 13.2. The van der Waals surface area contributed by atoms with Crippen LogP contribution in [0.2, 0.25) is 5.02 Å². The summed E-state index contributed by atoms with van der Waals surface area (Å²) < 4.78 is 31.8. The number of ether oxygens (including phenoxy) is 1. The highest BCUT2D eigenvalue weighted by Crippen LogP contribution is 2.37. The zero-order valence-electron chi connectivity index (χ0n) is 15.8. The van der Waals surface area contributed by atoms with Gasteiger partial charge < -0.3 is 10.1 Å². The van der Waals surface area contributed by atoms with Crippen LogP contribution in [0, 0.1) is 0 Å². The number of hydrogen-bond donors (Lipinski definition) is 1. The van der Waals surface area contributed by atoms with Gasteiger partial charge in [-0.25, -0.2) is 8.42 Å². The predicted octanol–water partition coefficient (Wildman–Crippen LogP) is 3.77. The topological polar surface area (TPSA) is 75.7 Å². The second kappa shape index (κ2) is 7.74. The third-order valence-electron chi connectivity index (χ3n) is 5.27. The maximum Gasteiger partial charge on any atom is 0.249 e. The minimum Gasteiger partial charge on any atom is -0.489 e. The second-order valence-corrected chi connectivity index (χ2v) is 11.1. The Morgan fingerprint density at radius 3 is 2.41 bits per heavy atom. The van der Waals surface area contributed by atoms with Crippen LogP contribution in [0.15, 0.2) is 48.5 Å². The molecule has 0 aliphatic carbocycles. The number of rotatable bonds is 5. The van der Waals surface area contributed by atoms with Gasteiger partial charge in [0.05, 0.1) is 5.69 Å². The quantitative estimate of drug-likeness (QED) is 0.747. The summed E-state index contributed by atoms with van der Waals surface area (Å²) in [6.45, 7) is 1.71. The highest BCUT2D eigenvalue weighted by molar-refractivity contribution is 8.00. The van der Waals surface area contributed by atoms with E-state index in [9.17, 15) is 13.2 Å². The lowest BCUT2D eigenvalue weighted by Crippen LogP contribution is -2.47. The Balaban J connectivity index is 1.48. The molecule has 6 nitrogen and oxygen atoms in total. The van der Waals surface area contributed by atoms with E-state index in [1.54, 1.807) is 48.5 Å². The third kappa shape index (κ3) is 3.81. The van der Waals surface area contributed by atoms with Crippen molar-refractivity contribution in [2.75, 3.05) is 27.7 Å². The third-order valence-corrected chi connectivity index (χ3v) is 9.24. The molecule has 0 spiro atoms. The first kappa shape index (κ1) is 20.4. The Kier molecular flexibility index (Phi) is 5.44. The molecule has 0 aromatic heterocycles. The highest BCUT2D eigenvalue weighted by atomic mass is 35.5. The van der Waals surface area contributed by atoms with Gasteiger partial charge >= 0.3 is 0 Å². The smallest absolute Gasteiger partial charge is 0.249 e. The number of carbonyl (C=O) groups is 1. The summed E-state index contributed by atoms with van der Waals surface area (Å²) in [5, 5.41) is 3.27. The summed E-state index contributed by atoms with van der Waals surface area (Å²) in [6.07, 6.45) is 0.437. The lowest BCUT2D eigenvalue weighted by Gasteiger charge is -2.26. The lowest BCUT2D eigenvalue weighted by molar-refractivity contribution is -0.118. The first-order chi connectivity index (χ1) is 13.8. The van der Waals surface area contributed by atoms with Crippen molar-refractivity contribution < 1.29 is 17.9 Å². The van der Waals surface area contributed by atoms with Gasteiger partial charge in [0.25, 0.3) is 0 Å². The minimum atomic E-state index is -3.88. The van der Waals surface area contributed by atoms with Crippen LogP contribution >= 0.6 is 23.4 Å². The number of benzene rings is 2. The van der Waals surface area contributed by atoms with Gasteiger partial charge in [0.15, 0.2) is 4.75 Å². The number of nitrogens with zero attached hydrogens (tertiary/aromatic N) is 1. The number of sulfonamides is 1. The molecule has 0 bridgehead atoms. The molecular weight excluding hydrogens is 432 g/mol. The number of nitrogens with one attached hydrogen (secondary N) is 1. The van der Waals surface area contributed by atoms with Gasteiger partial charge in [0, 0.05) is 28.8 Å². The van der Waals surface area contributed by atoms with E-state index in [2.05, 4.69) is 5.32 Å². The van der Waals surface area contributed by atoms with Crippen LogP contribution in [0.3, 0.4) is 0 Å².